The van der Waals surface area contributed by atoms with Crippen LogP contribution in [0.4, 0.5) is 0 Å². The zero-order chi connectivity index (χ0) is 22.2. The SMILES string of the molecule is C[C@H]1CC[C@@H](Oc2ccc3ccc(CN4C5CCCC4CC(C(=O)O)C5)cc3c2Cl)CC1. The summed E-state index contributed by atoms with van der Waals surface area (Å²) in [5.74, 6) is 0.786. The predicted octanol–water partition coefficient (Wildman–Crippen LogP) is 6.67. The summed E-state index contributed by atoms with van der Waals surface area (Å²) < 4.78 is 6.33. The quantitative estimate of drug-likeness (QED) is 0.547. The van der Waals surface area contributed by atoms with E-state index in [0.29, 0.717) is 17.1 Å². The summed E-state index contributed by atoms with van der Waals surface area (Å²) >= 11 is 6.85. The molecule has 2 saturated heterocycles. The molecule has 32 heavy (non-hydrogen) atoms. The Bertz CT molecular complexity index is 970. The molecular weight excluding hydrogens is 422 g/mol. The van der Waals surface area contributed by atoms with Crippen molar-refractivity contribution in [3.8, 4) is 5.75 Å². The topological polar surface area (TPSA) is 49.8 Å². The molecule has 4 nitrogen and oxygen atoms in total. The van der Waals surface area contributed by atoms with Gasteiger partial charge in [0.25, 0.3) is 0 Å². The number of carboxylic acid groups (broad SMARTS) is 1. The monoisotopic (exact) mass is 455 g/mol. The first-order valence-electron chi connectivity index (χ1n) is 12.3. The largest absolute Gasteiger partial charge is 0.489 e. The standard InChI is InChI=1S/C27H34ClNO3/c1-17-5-10-23(11-6-17)32-25-12-9-19-8-7-18(13-24(19)26(25)28)16-29-21-3-2-4-22(29)15-20(14-21)27(30)31/h7-9,12-13,17,20-23H,2-6,10-11,14-16H2,1H3,(H,30,31)/t17-,20?,21?,22?,23+. The highest BCUT2D eigenvalue weighted by Crippen LogP contribution is 2.40. The molecule has 2 aromatic rings. The van der Waals surface area contributed by atoms with Crippen molar-refractivity contribution < 1.29 is 14.6 Å². The highest BCUT2D eigenvalue weighted by molar-refractivity contribution is 6.37. The van der Waals surface area contributed by atoms with Crippen molar-refractivity contribution in [1.29, 1.82) is 0 Å². The van der Waals surface area contributed by atoms with Gasteiger partial charge in [0.05, 0.1) is 17.0 Å². The van der Waals surface area contributed by atoms with Gasteiger partial charge in [-0.3, -0.25) is 9.69 Å². The Morgan fingerprint density at radius 2 is 1.75 bits per heavy atom. The van der Waals surface area contributed by atoms with E-state index < -0.39 is 5.97 Å². The molecule has 2 aromatic carbocycles. The lowest BCUT2D eigenvalue weighted by atomic mass is 9.78. The number of nitrogens with zero attached hydrogens (tertiary/aromatic N) is 1. The van der Waals surface area contributed by atoms with Crippen LogP contribution in [0, 0.1) is 11.8 Å². The summed E-state index contributed by atoms with van der Waals surface area (Å²) in [4.78, 5) is 14.1. The van der Waals surface area contributed by atoms with Crippen molar-refractivity contribution in [3.63, 3.8) is 0 Å². The minimum absolute atomic E-state index is 0.185. The lowest BCUT2D eigenvalue weighted by Gasteiger charge is -2.48. The Labute approximate surface area is 195 Å². The summed E-state index contributed by atoms with van der Waals surface area (Å²) in [6.07, 6.45) is 9.88. The van der Waals surface area contributed by atoms with Crippen LogP contribution in [0.5, 0.6) is 5.75 Å². The van der Waals surface area contributed by atoms with Crippen molar-refractivity contribution in [2.24, 2.45) is 11.8 Å². The number of hydrogen-bond donors (Lipinski definition) is 1. The molecule has 5 rings (SSSR count). The second-order valence-corrected chi connectivity index (χ2v) is 10.7. The number of rotatable bonds is 5. The lowest BCUT2D eigenvalue weighted by molar-refractivity contribution is -0.146. The highest BCUT2D eigenvalue weighted by atomic mass is 35.5. The van der Waals surface area contributed by atoms with E-state index in [2.05, 4.69) is 36.1 Å². The van der Waals surface area contributed by atoms with E-state index in [0.717, 1.165) is 67.5 Å². The minimum atomic E-state index is -0.626. The van der Waals surface area contributed by atoms with E-state index >= 15 is 0 Å². The molecule has 5 heteroatoms. The van der Waals surface area contributed by atoms with E-state index in [1.165, 1.54) is 24.8 Å². The van der Waals surface area contributed by atoms with Gasteiger partial charge in [0.2, 0.25) is 0 Å². The fourth-order valence-electron chi connectivity index (χ4n) is 6.18. The molecule has 2 aliphatic heterocycles. The first-order chi connectivity index (χ1) is 15.5. The molecule has 2 bridgehead atoms. The van der Waals surface area contributed by atoms with Crippen molar-refractivity contribution in [2.75, 3.05) is 0 Å². The predicted molar refractivity (Wildman–Crippen MR) is 128 cm³/mol. The third-order valence-electron chi connectivity index (χ3n) is 8.08. The number of carboxylic acids is 1. The molecule has 172 valence electrons. The van der Waals surface area contributed by atoms with E-state index in [1.807, 2.05) is 6.07 Å². The van der Waals surface area contributed by atoms with Gasteiger partial charge in [-0.2, -0.15) is 0 Å². The van der Waals surface area contributed by atoms with Crippen LogP contribution < -0.4 is 4.74 Å². The summed E-state index contributed by atoms with van der Waals surface area (Å²) in [7, 11) is 0. The fraction of sp³-hybridized carbons (Fsp3) is 0.593. The average molecular weight is 456 g/mol. The van der Waals surface area contributed by atoms with Gasteiger partial charge in [-0.05, 0) is 80.4 Å². The fourth-order valence-corrected chi connectivity index (χ4v) is 6.45. The molecule has 3 aliphatic rings. The molecule has 1 saturated carbocycles. The average Bonchev–Trinajstić information content (AvgIpc) is 2.77. The number of halogens is 1. The smallest absolute Gasteiger partial charge is 0.306 e. The third kappa shape index (κ3) is 4.49. The molecular formula is C27H34ClNO3. The summed E-state index contributed by atoms with van der Waals surface area (Å²) in [5.41, 5.74) is 1.24. The van der Waals surface area contributed by atoms with Crippen LogP contribution in [0.1, 0.15) is 70.3 Å². The van der Waals surface area contributed by atoms with E-state index in [4.69, 9.17) is 16.3 Å². The van der Waals surface area contributed by atoms with Crippen molar-refractivity contribution in [1.82, 2.24) is 4.90 Å². The molecule has 0 radical (unpaired) electrons. The zero-order valence-electron chi connectivity index (χ0n) is 18.9. The number of piperidine rings is 2. The Morgan fingerprint density at radius 3 is 2.44 bits per heavy atom. The van der Waals surface area contributed by atoms with Gasteiger partial charge in [-0.1, -0.05) is 43.1 Å². The summed E-state index contributed by atoms with van der Waals surface area (Å²) in [6, 6.07) is 11.4. The molecule has 3 fully saturated rings. The third-order valence-corrected chi connectivity index (χ3v) is 8.47. The molecule has 1 aliphatic carbocycles. The van der Waals surface area contributed by atoms with Gasteiger partial charge in [-0.15, -0.1) is 0 Å². The summed E-state index contributed by atoms with van der Waals surface area (Å²) in [6.45, 7) is 3.18. The van der Waals surface area contributed by atoms with Crippen LogP contribution in [0.25, 0.3) is 10.8 Å². The number of ether oxygens (including phenoxy) is 1. The van der Waals surface area contributed by atoms with Crippen LogP contribution in [0.15, 0.2) is 30.3 Å². The van der Waals surface area contributed by atoms with Crippen LogP contribution in [-0.2, 0) is 11.3 Å². The Morgan fingerprint density at radius 1 is 1.06 bits per heavy atom. The first kappa shape index (κ1) is 22.0. The normalized spacial score (nSPS) is 30.9. The lowest BCUT2D eigenvalue weighted by Crippen LogP contribution is -2.52. The van der Waals surface area contributed by atoms with Gasteiger partial charge in [0, 0.05) is 24.0 Å². The van der Waals surface area contributed by atoms with E-state index in [1.54, 1.807) is 0 Å². The van der Waals surface area contributed by atoms with Crippen LogP contribution in [0.2, 0.25) is 5.02 Å². The molecule has 0 spiro atoms. The number of aliphatic carboxylic acids is 1. The maximum absolute atomic E-state index is 11.6. The number of benzene rings is 2. The Hall–Kier alpha value is -1.78. The number of carbonyl (C=O) groups is 1. The summed E-state index contributed by atoms with van der Waals surface area (Å²) in [5, 5.41) is 12.4. The van der Waals surface area contributed by atoms with Crippen molar-refractivity contribution in [2.45, 2.75) is 89.4 Å². The molecule has 0 aromatic heterocycles. The molecule has 1 N–H and O–H groups in total. The minimum Gasteiger partial charge on any atom is -0.489 e. The number of fused-ring (bicyclic) bond motifs is 3. The van der Waals surface area contributed by atoms with Gasteiger partial charge in [0.15, 0.2) is 0 Å². The second kappa shape index (κ2) is 9.23. The molecule has 2 unspecified atom stereocenters. The Balaban J connectivity index is 1.35. The second-order valence-electron chi connectivity index (χ2n) is 10.4. The van der Waals surface area contributed by atoms with Gasteiger partial charge in [-0.25, -0.2) is 0 Å². The number of hydrogen-bond acceptors (Lipinski definition) is 3. The van der Waals surface area contributed by atoms with Gasteiger partial charge >= 0.3 is 5.97 Å². The van der Waals surface area contributed by atoms with Crippen molar-refractivity contribution in [3.05, 3.63) is 40.9 Å². The maximum Gasteiger partial charge on any atom is 0.306 e. The van der Waals surface area contributed by atoms with Crippen LogP contribution in [-0.4, -0.2) is 34.2 Å². The van der Waals surface area contributed by atoms with Gasteiger partial charge in [0.1, 0.15) is 5.75 Å². The van der Waals surface area contributed by atoms with E-state index in [9.17, 15) is 9.90 Å². The van der Waals surface area contributed by atoms with Crippen LogP contribution >= 0.6 is 11.6 Å². The van der Waals surface area contributed by atoms with E-state index in [-0.39, 0.29) is 12.0 Å². The highest BCUT2D eigenvalue weighted by Gasteiger charge is 2.40. The zero-order valence-corrected chi connectivity index (χ0v) is 19.7. The van der Waals surface area contributed by atoms with Gasteiger partial charge < -0.3 is 9.84 Å². The maximum atomic E-state index is 11.6. The first-order valence-corrected chi connectivity index (χ1v) is 12.7. The molecule has 2 atom stereocenters. The molecule has 0 amide bonds. The van der Waals surface area contributed by atoms with Crippen molar-refractivity contribution >= 4 is 28.3 Å². The van der Waals surface area contributed by atoms with Crippen LogP contribution in [0.3, 0.4) is 0 Å². The molecule has 2 heterocycles. The Kier molecular flexibility index (Phi) is 6.35.